The third-order valence-corrected chi connectivity index (χ3v) is 5.54. The molecule has 0 aliphatic heterocycles. The van der Waals surface area contributed by atoms with Gasteiger partial charge >= 0.3 is 5.97 Å². The molecule has 7 heteroatoms. The minimum Gasteiger partial charge on any atom is -0.462 e. The third-order valence-electron chi connectivity index (χ3n) is 4.64. The molecule has 29 heavy (non-hydrogen) atoms. The van der Waals surface area contributed by atoms with E-state index in [0.29, 0.717) is 11.9 Å². The van der Waals surface area contributed by atoms with Gasteiger partial charge in [-0.2, -0.15) is 0 Å². The molecular formula is C22H19N3O3S. The van der Waals surface area contributed by atoms with Gasteiger partial charge in [0.1, 0.15) is 10.6 Å². The van der Waals surface area contributed by atoms with E-state index in [1.807, 2.05) is 41.1 Å². The molecule has 0 radical (unpaired) electrons. The Balaban J connectivity index is 1.81. The van der Waals surface area contributed by atoms with Gasteiger partial charge in [-0.05, 0) is 38.1 Å². The summed E-state index contributed by atoms with van der Waals surface area (Å²) in [4.78, 5) is 33.7. The van der Waals surface area contributed by atoms with Crippen LogP contribution < -0.4 is 5.43 Å². The molecule has 1 aromatic carbocycles. The molecule has 0 saturated heterocycles. The Kier molecular flexibility index (Phi) is 5.22. The van der Waals surface area contributed by atoms with E-state index in [-0.39, 0.29) is 17.6 Å². The summed E-state index contributed by atoms with van der Waals surface area (Å²) >= 11 is 1.56. The van der Waals surface area contributed by atoms with Crippen LogP contribution in [0.3, 0.4) is 0 Å². The van der Waals surface area contributed by atoms with Gasteiger partial charge in [0.15, 0.2) is 0 Å². The molecule has 4 aromatic rings. The van der Waals surface area contributed by atoms with Crippen molar-refractivity contribution in [2.45, 2.75) is 20.4 Å². The van der Waals surface area contributed by atoms with Gasteiger partial charge in [0.25, 0.3) is 0 Å². The Labute approximate surface area is 171 Å². The largest absolute Gasteiger partial charge is 0.462 e. The van der Waals surface area contributed by atoms with Gasteiger partial charge in [-0.25, -0.2) is 9.78 Å². The Morgan fingerprint density at radius 3 is 2.66 bits per heavy atom. The number of ether oxygens (including phenoxy) is 1. The quantitative estimate of drug-likeness (QED) is 0.461. The van der Waals surface area contributed by atoms with Crippen molar-refractivity contribution in [3.05, 3.63) is 70.1 Å². The molecule has 0 aliphatic carbocycles. The normalized spacial score (nSPS) is 11.0. The second kappa shape index (κ2) is 7.97. The van der Waals surface area contributed by atoms with E-state index < -0.39 is 5.97 Å². The first-order valence-electron chi connectivity index (χ1n) is 9.33. The van der Waals surface area contributed by atoms with Crippen LogP contribution in [0.25, 0.3) is 32.7 Å². The number of benzene rings is 1. The number of rotatable bonds is 5. The van der Waals surface area contributed by atoms with Crippen molar-refractivity contribution in [3.8, 4) is 21.8 Å². The summed E-state index contributed by atoms with van der Waals surface area (Å²) in [6, 6.07) is 9.42. The zero-order chi connectivity index (χ0) is 20.4. The van der Waals surface area contributed by atoms with Gasteiger partial charge in [-0.1, -0.05) is 6.07 Å². The minimum absolute atomic E-state index is 0.0579. The monoisotopic (exact) mass is 405 g/mol. The van der Waals surface area contributed by atoms with Gasteiger partial charge in [0.2, 0.25) is 5.43 Å². The lowest BCUT2D eigenvalue weighted by molar-refractivity contribution is 0.0524. The van der Waals surface area contributed by atoms with E-state index >= 15 is 0 Å². The highest BCUT2D eigenvalue weighted by atomic mass is 32.1. The highest BCUT2D eigenvalue weighted by molar-refractivity contribution is 7.13. The summed E-state index contributed by atoms with van der Waals surface area (Å²) in [5, 5.41) is 3.40. The summed E-state index contributed by atoms with van der Waals surface area (Å²) < 4.78 is 6.92. The number of hydrogen-bond acceptors (Lipinski definition) is 6. The van der Waals surface area contributed by atoms with Gasteiger partial charge < -0.3 is 9.30 Å². The Morgan fingerprint density at radius 2 is 1.93 bits per heavy atom. The van der Waals surface area contributed by atoms with Crippen LogP contribution in [-0.2, 0) is 11.3 Å². The van der Waals surface area contributed by atoms with Crippen LogP contribution in [0.5, 0.6) is 0 Å². The first kappa shape index (κ1) is 19.0. The van der Waals surface area contributed by atoms with Gasteiger partial charge in [0, 0.05) is 47.0 Å². The number of thiazole rings is 1. The number of aromatic nitrogens is 3. The van der Waals surface area contributed by atoms with Crippen LogP contribution in [0.15, 0.2) is 59.1 Å². The molecule has 0 spiro atoms. The lowest BCUT2D eigenvalue weighted by Gasteiger charge is -2.12. The summed E-state index contributed by atoms with van der Waals surface area (Å²) in [5.41, 5.74) is 3.28. The number of carbonyl (C=O) groups is 1. The van der Waals surface area contributed by atoms with Crippen LogP contribution in [0.1, 0.15) is 24.2 Å². The number of aryl methyl sites for hydroxylation is 1. The molecule has 6 nitrogen and oxygen atoms in total. The summed E-state index contributed by atoms with van der Waals surface area (Å²) in [6.07, 6.45) is 5.07. The van der Waals surface area contributed by atoms with Gasteiger partial charge in [-0.3, -0.25) is 9.78 Å². The molecular weight excluding hydrogens is 386 g/mol. The van der Waals surface area contributed by atoms with Crippen molar-refractivity contribution in [2.24, 2.45) is 0 Å². The number of fused-ring (bicyclic) bond motifs is 1. The summed E-state index contributed by atoms with van der Waals surface area (Å²) in [7, 11) is 0. The molecule has 0 atom stereocenters. The van der Waals surface area contributed by atoms with E-state index in [9.17, 15) is 9.59 Å². The smallest absolute Gasteiger partial charge is 0.343 e. The van der Waals surface area contributed by atoms with Crippen molar-refractivity contribution in [1.82, 2.24) is 14.5 Å². The second-order valence-electron chi connectivity index (χ2n) is 6.38. The fourth-order valence-corrected chi connectivity index (χ4v) is 4.03. The van der Waals surface area contributed by atoms with E-state index in [4.69, 9.17) is 9.72 Å². The molecule has 0 amide bonds. The Bertz CT molecular complexity index is 1250. The first-order chi connectivity index (χ1) is 14.1. The maximum atomic E-state index is 12.8. The van der Waals surface area contributed by atoms with Crippen molar-refractivity contribution in [2.75, 3.05) is 6.61 Å². The van der Waals surface area contributed by atoms with Crippen LogP contribution in [0.4, 0.5) is 0 Å². The molecule has 0 fully saturated rings. The van der Waals surface area contributed by atoms with Crippen molar-refractivity contribution in [1.29, 1.82) is 0 Å². The lowest BCUT2D eigenvalue weighted by Crippen LogP contribution is -2.20. The number of nitrogens with zero attached hydrogens (tertiary/aromatic N) is 3. The van der Waals surface area contributed by atoms with Crippen molar-refractivity contribution >= 4 is 28.2 Å². The maximum absolute atomic E-state index is 12.8. The number of esters is 1. The highest BCUT2D eigenvalue weighted by Gasteiger charge is 2.17. The van der Waals surface area contributed by atoms with E-state index in [1.165, 1.54) is 0 Å². The van der Waals surface area contributed by atoms with E-state index in [1.54, 1.807) is 42.9 Å². The topological polar surface area (TPSA) is 74.1 Å². The van der Waals surface area contributed by atoms with Gasteiger partial charge in [0.05, 0.1) is 17.8 Å². The highest BCUT2D eigenvalue weighted by Crippen LogP contribution is 2.30. The van der Waals surface area contributed by atoms with Crippen LogP contribution >= 0.6 is 11.3 Å². The standard InChI is InChI=1S/C22H19N3O3S/c1-3-25-12-17(22(27)28-4-2)20(26)16-6-5-15(11-19(16)25)18-13-29-21(24-18)14-7-9-23-10-8-14/h5-13H,3-4H2,1-2H3. The van der Waals surface area contributed by atoms with E-state index in [0.717, 1.165) is 27.3 Å². The van der Waals surface area contributed by atoms with Crippen LogP contribution in [-0.4, -0.2) is 27.1 Å². The molecule has 3 aromatic heterocycles. The average molecular weight is 405 g/mol. The van der Waals surface area contributed by atoms with Crippen LogP contribution in [0, 0.1) is 0 Å². The number of pyridine rings is 2. The molecule has 3 heterocycles. The van der Waals surface area contributed by atoms with Gasteiger partial charge in [-0.15, -0.1) is 11.3 Å². The SMILES string of the molecule is CCOC(=O)c1cn(CC)c2cc(-c3csc(-c4ccncc4)n3)ccc2c1=O. The number of carbonyl (C=O) groups excluding carboxylic acids is 1. The molecule has 0 saturated carbocycles. The predicted octanol–water partition coefficient (Wildman–Crippen LogP) is 4.38. The minimum atomic E-state index is -0.591. The average Bonchev–Trinajstić information content (AvgIpc) is 3.25. The fourth-order valence-electron chi connectivity index (χ4n) is 3.20. The number of hydrogen-bond donors (Lipinski definition) is 0. The lowest BCUT2D eigenvalue weighted by atomic mass is 10.1. The van der Waals surface area contributed by atoms with Crippen molar-refractivity contribution < 1.29 is 9.53 Å². The second-order valence-corrected chi connectivity index (χ2v) is 7.24. The molecule has 0 unspecified atom stereocenters. The van der Waals surface area contributed by atoms with Crippen LogP contribution in [0.2, 0.25) is 0 Å². The fraction of sp³-hybridized carbons (Fsp3) is 0.182. The third kappa shape index (κ3) is 3.56. The molecule has 0 N–H and O–H groups in total. The summed E-state index contributed by atoms with van der Waals surface area (Å²) in [5.74, 6) is -0.591. The first-order valence-corrected chi connectivity index (χ1v) is 10.2. The zero-order valence-electron chi connectivity index (χ0n) is 16.1. The molecule has 0 aliphatic rings. The zero-order valence-corrected chi connectivity index (χ0v) is 16.9. The Morgan fingerprint density at radius 1 is 1.14 bits per heavy atom. The van der Waals surface area contributed by atoms with E-state index in [2.05, 4.69) is 4.98 Å². The predicted molar refractivity (Wildman–Crippen MR) is 114 cm³/mol. The molecule has 0 bridgehead atoms. The molecule has 4 rings (SSSR count). The molecule has 146 valence electrons. The Hall–Kier alpha value is -3.32. The summed E-state index contributed by atoms with van der Waals surface area (Å²) in [6.45, 7) is 4.53. The van der Waals surface area contributed by atoms with Crippen molar-refractivity contribution in [3.63, 3.8) is 0 Å². The maximum Gasteiger partial charge on any atom is 0.343 e.